The number of nitrogens with one attached hydrogen (secondary N) is 1. The van der Waals surface area contributed by atoms with Crippen LogP contribution in [0.1, 0.15) is 10.4 Å². The van der Waals surface area contributed by atoms with E-state index < -0.39 is 25.1 Å². The highest BCUT2D eigenvalue weighted by Crippen LogP contribution is 2.21. The van der Waals surface area contributed by atoms with Crippen molar-refractivity contribution in [3.63, 3.8) is 0 Å². The number of benzene rings is 2. The van der Waals surface area contributed by atoms with Gasteiger partial charge in [-0.2, -0.15) is 8.78 Å². The highest BCUT2D eigenvalue weighted by atomic mass is 35.5. The van der Waals surface area contributed by atoms with Gasteiger partial charge < -0.3 is 19.5 Å². The molecule has 0 atom stereocenters. The predicted molar refractivity (Wildman–Crippen MR) is 93.3 cm³/mol. The summed E-state index contributed by atoms with van der Waals surface area (Å²) in [6.07, 6.45) is 0. The normalized spacial score (nSPS) is 10.4. The van der Waals surface area contributed by atoms with Crippen LogP contribution in [0.5, 0.6) is 11.5 Å². The minimum Gasteiger partial charge on any atom is -0.492 e. The van der Waals surface area contributed by atoms with Crippen LogP contribution in [-0.2, 0) is 9.53 Å². The molecule has 2 aromatic carbocycles. The minimum absolute atomic E-state index is 0.185. The van der Waals surface area contributed by atoms with Crippen LogP contribution in [0.3, 0.4) is 0 Å². The number of amides is 1. The third kappa shape index (κ3) is 7.10. The van der Waals surface area contributed by atoms with Gasteiger partial charge in [-0.3, -0.25) is 4.79 Å². The molecule has 0 radical (unpaired) electrons. The number of para-hydroxylation sites is 1. The molecule has 0 spiro atoms. The van der Waals surface area contributed by atoms with E-state index in [1.54, 1.807) is 24.3 Å². The van der Waals surface area contributed by atoms with E-state index in [2.05, 4.69) is 10.1 Å². The first-order chi connectivity index (χ1) is 13.0. The summed E-state index contributed by atoms with van der Waals surface area (Å²) in [6, 6.07) is 12.1. The van der Waals surface area contributed by atoms with E-state index in [9.17, 15) is 18.4 Å². The Bertz CT molecular complexity index is 771. The molecule has 0 saturated heterocycles. The standard InChI is InChI=1S/C18H16ClF2NO5/c19-12-5-7-13(8-6-12)25-10-9-22-16(23)11-26-17(24)14-3-1-2-4-15(14)27-18(20)21/h1-8,18H,9-11H2,(H,22,23). The average Bonchev–Trinajstić information content (AvgIpc) is 2.64. The van der Waals surface area contributed by atoms with Gasteiger partial charge in [-0.1, -0.05) is 23.7 Å². The highest BCUT2D eigenvalue weighted by molar-refractivity contribution is 6.30. The molecule has 0 bridgehead atoms. The van der Waals surface area contributed by atoms with Gasteiger partial charge in [0.25, 0.3) is 5.91 Å². The summed E-state index contributed by atoms with van der Waals surface area (Å²) in [5.74, 6) is -1.24. The minimum atomic E-state index is -3.08. The Morgan fingerprint density at radius 2 is 1.78 bits per heavy atom. The molecule has 6 nitrogen and oxygen atoms in total. The van der Waals surface area contributed by atoms with Crippen molar-refractivity contribution < 1.29 is 32.6 Å². The summed E-state index contributed by atoms with van der Waals surface area (Å²) in [6.45, 7) is -3.26. The lowest BCUT2D eigenvalue weighted by Gasteiger charge is -2.11. The van der Waals surface area contributed by atoms with Gasteiger partial charge >= 0.3 is 12.6 Å². The molecule has 1 N–H and O–H groups in total. The van der Waals surface area contributed by atoms with Crippen molar-refractivity contribution in [1.82, 2.24) is 5.32 Å². The van der Waals surface area contributed by atoms with E-state index in [1.165, 1.54) is 24.3 Å². The highest BCUT2D eigenvalue weighted by Gasteiger charge is 2.17. The summed E-state index contributed by atoms with van der Waals surface area (Å²) in [4.78, 5) is 23.6. The maximum Gasteiger partial charge on any atom is 0.387 e. The molecular weight excluding hydrogens is 384 g/mol. The number of carbonyl (C=O) groups excluding carboxylic acids is 2. The van der Waals surface area contributed by atoms with Crippen LogP contribution in [0.15, 0.2) is 48.5 Å². The van der Waals surface area contributed by atoms with Crippen LogP contribution in [0, 0.1) is 0 Å². The Morgan fingerprint density at radius 3 is 2.48 bits per heavy atom. The van der Waals surface area contributed by atoms with E-state index in [0.29, 0.717) is 10.8 Å². The van der Waals surface area contributed by atoms with Gasteiger partial charge in [0.15, 0.2) is 6.61 Å². The quantitative estimate of drug-likeness (QED) is 0.517. The number of ether oxygens (including phenoxy) is 3. The largest absolute Gasteiger partial charge is 0.492 e. The van der Waals surface area contributed by atoms with Crippen molar-refractivity contribution in [3.8, 4) is 11.5 Å². The van der Waals surface area contributed by atoms with Crippen molar-refractivity contribution in [2.24, 2.45) is 0 Å². The fourth-order valence-electron chi connectivity index (χ4n) is 1.98. The second-order valence-electron chi connectivity index (χ2n) is 5.10. The van der Waals surface area contributed by atoms with Crippen molar-refractivity contribution in [2.75, 3.05) is 19.8 Å². The van der Waals surface area contributed by atoms with Gasteiger partial charge in [0.05, 0.1) is 6.54 Å². The van der Waals surface area contributed by atoms with Gasteiger partial charge in [-0.05, 0) is 36.4 Å². The summed E-state index contributed by atoms with van der Waals surface area (Å²) in [5.41, 5.74) is -0.198. The summed E-state index contributed by atoms with van der Waals surface area (Å²) < 4.78 is 39.1. The van der Waals surface area contributed by atoms with Crippen LogP contribution in [-0.4, -0.2) is 38.2 Å². The van der Waals surface area contributed by atoms with Crippen LogP contribution in [0.4, 0.5) is 8.78 Å². The molecule has 144 valence electrons. The first kappa shape index (κ1) is 20.4. The maximum atomic E-state index is 12.3. The molecule has 0 aliphatic rings. The summed E-state index contributed by atoms with van der Waals surface area (Å²) in [7, 11) is 0. The molecule has 0 heterocycles. The Hall–Kier alpha value is -2.87. The van der Waals surface area contributed by atoms with Crippen molar-refractivity contribution in [2.45, 2.75) is 6.61 Å². The van der Waals surface area contributed by atoms with Gasteiger partial charge in [-0.25, -0.2) is 4.79 Å². The number of esters is 1. The van der Waals surface area contributed by atoms with Crippen LogP contribution >= 0.6 is 11.6 Å². The maximum absolute atomic E-state index is 12.3. The van der Waals surface area contributed by atoms with Crippen molar-refractivity contribution in [1.29, 1.82) is 0 Å². The van der Waals surface area contributed by atoms with Gasteiger partial charge in [0, 0.05) is 5.02 Å². The number of hydrogen-bond donors (Lipinski definition) is 1. The van der Waals surface area contributed by atoms with Gasteiger partial charge in [0.2, 0.25) is 0 Å². The molecule has 2 rings (SSSR count). The van der Waals surface area contributed by atoms with Crippen molar-refractivity contribution >= 4 is 23.5 Å². The molecule has 0 aliphatic heterocycles. The third-order valence-corrected chi connectivity index (χ3v) is 3.42. The molecule has 0 aliphatic carbocycles. The number of alkyl halides is 2. The van der Waals surface area contributed by atoms with E-state index in [1.807, 2.05) is 0 Å². The fraction of sp³-hybridized carbons (Fsp3) is 0.222. The molecule has 0 saturated carbocycles. The average molecular weight is 400 g/mol. The zero-order valence-electron chi connectivity index (χ0n) is 14.0. The molecule has 9 heteroatoms. The van der Waals surface area contributed by atoms with Gasteiger partial charge in [-0.15, -0.1) is 0 Å². The van der Waals surface area contributed by atoms with Crippen LogP contribution in [0.25, 0.3) is 0 Å². The van der Waals surface area contributed by atoms with E-state index in [0.717, 1.165) is 0 Å². The molecule has 27 heavy (non-hydrogen) atoms. The molecule has 2 aromatic rings. The second kappa shape index (κ2) is 10.3. The number of rotatable bonds is 9. The first-order valence-corrected chi connectivity index (χ1v) is 8.19. The topological polar surface area (TPSA) is 73.9 Å². The van der Waals surface area contributed by atoms with E-state index >= 15 is 0 Å². The SMILES string of the molecule is O=C(COC(=O)c1ccccc1OC(F)F)NCCOc1ccc(Cl)cc1. The second-order valence-corrected chi connectivity index (χ2v) is 5.54. The Kier molecular flexibility index (Phi) is 7.81. The Balaban J connectivity index is 1.72. The molecule has 0 aromatic heterocycles. The van der Waals surface area contributed by atoms with Gasteiger partial charge in [0.1, 0.15) is 23.7 Å². The lowest BCUT2D eigenvalue weighted by molar-refractivity contribution is -0.124. The summed E-state index contributed by atoms with van der Waals surface area (Å²) in [5, 5.41) is 3.08. The van der Waals surface area contributed by atoms with E-state index in [4.69, 9.17) is 21.1 Å². The lowest BCUT2D eigenvalue weighted by atomic mass is 10.2. The predicted octanol–water partition coefficient (Wildman–Crippen LogP) is 3.29. The molecule has 0 unspecified atom stereocenters. The number of carbonyl (C=O) groups is 2. The monoisotopic (exact) mass is 399 g/mol. The zero-order chi connectivity index (χ0) is 19.6. The summed E-state index contributed by atoms with van der Waals surface area (Å²) >= 11 is 5.75. The Labute approximate surface area is 159 Å². The van der Waals surface area contributed by atoms with Crippen LogP contribution in [0.2, 0.25) is 5.02 Å². The Morgan fingerprint density at radius 1 is 1.07 bits per heavy atom. The first-order valence-electron chi connectivity index (χ1n) is 7.81. The smallest absolute Gasteiger partial charge is 0.387 e. The molecular formula is C18H16ClF2NO5. The van der Waals surface area contributed by atoms with E-state index in [-0.39, 0.29) is 24.5 Å². The molecule has 0 fully saturated rings. The zero-order valence-corrected chi connectivity index (χ0v) is 14.7. The molecule has 1 amide bonds. The third-order valence-electron chi connectivity index (χ3n) is 3.16. The lowest BCUT2D eigenvalue weighted by Crippen LogP contribution is -2.32. The van der Waals surface area contributed by atoms with Crippen LogP contribution < -0.4 is 14.8 Å². The number of hydrogen-bond acceptors (Lipinski definition) is 5. The number of halogens is 3. The van der Waals surface area contributed by atoms with Crippen molar-refractivity contribution in [3.05, 3.63) is 59.1 Å². The fourth-order valence-corrected chi connectivity index (χ4v) is 2.11.